The van der Waals surface area contributed by atoms with Crippen LogP contribution in [0.4, 0.5) is 23.7 Å². The zero-order valence-electron chi connectivity index (χ0n) is 23.5. The zero-order valence-corrected chi connectivity index (χ0v) is 23.5. The van der Waals surface area contributed by atoms with E-state index in [0.717, 1.165) is 48.9 Å². The van der Waals surface area contributed by atoms with E-state index in [1.807, 2.05) is 36.4 Å². The van der Waals surface area contributed by atoms with Gasteiger partial charge in [-0.3, -0.25) is 9.69 Å². The fourth-order valence-electron chi connectivity index (χ4n) is 4.32. The molecular formula is C32H37F3N2O4. The lowest BCUT2D eigenvalue weighted by atomic mass is 10.00. The van der Waals surface area contributed by atoms with Crippen LogP contribution in [0.1, 0.15) is 62.1 Å². The van der Waals surface area contributed by atoms with Crippen LogP contribution in [-0.2, 0) is 24.0 Å². The SMILES string of the molecule is CCCCCCCNC(=O)N(C)c1cccc(-c2ccc(CCC(=O)O)cc2OCc2ccc(C(F)(F)F)cc2)c1. The number of urea groups is 1. The Balaban J connectivity index is 1.78. The smallest absolute Gasteiger partial charge is 0.416 e. The third-order valence-corrected chi connectivity index (χ3v) is 6.75. The summed E-state index contributed by atoms with van der Waals surface area (Å²) in [7, 11) is 1.70. The molecule has 220 valence electrons. The van der Waals surface area contributed by atoms with Crippen molar-refractivity contribution in [3.05, 3.63) is 83.4 Å². The minimum absolute atomic E-state index is 0.0216. The number of rotatable bonds is 14. The van der Waals surface area contributed by atoms with E-state index in [9.17, 15) is 22.8 Å². The lowest BCUT2D eigenvalue weighted by Gasteiger charge is -2.20. The predicted molar refractivity (Wildman–Crippen MR) is 154 cm³/mol. The number of unbranched alkanes of at least 4 members (excludes halogenated alkanes) is 4. The Morgan fingerprint density at radius 1 is 0.927 bits per heavy atom. The van der Waals surface area contributed by atoms with E-state index in [1.54, 1.807) is 18.0 Å². The molecule has 2 amide bonds. The van der Waals surface area contributed by atoms with Crippen LogP contribution in [0.3, 0.4) is 0 Å². The van der Waals surface area contributed by atoms with E-state index in [2.05, 4.69) is 12.2 Å². The zero-order chi connectivity index (χ0) is 29.8. The number of benzene rings is 3. The number of carbonyl (C=O) groups is 2. The van der Waals surface area contributed by atoms with E-state index < -0.39 is 17.7 Å². The summed E-state index contributed by atoms with van der Waals surface area (Å²) < 4.78 is 44.9. The number of amides is 2. The molecule has 0 bridgehead atoms. The number of hydrogen-bond acceptors (Lipinski definition) is 3. The summed E-state index contributed by atoms with van der Waals surface area (Å²) in [6.45, 7) is 2.78. The number of carboxylic acid groups (broad SMARTS) is 1. The molecule has 0 aliphatic rings. The van der Waals surface area contributed by atoms with Crippen LogP contribution in [0.2, 0.25) is 0 Å². The highest BCUT2D eigenvalue weighted by Gasteiger charge is 2.30. The first kappa shape index (κ1) is 31.5. The molecular weight excluding hydrogens is 533 g/mol. The largest absolute Gasteiger partial charge is 0.488 e. The fraction of sp³-hybridized carbons (Fsp3) is 0.375. The van der Waals surface area contributed by atoms with Crippen molar-refractivity contribution in [2.45, 2.75) is 64.7 Å². The van der Waals surface area contributed by atoms with Gasteiger partial charge in [-0.05, 0) is 59.9 Å². The maximum absolute atomic E-state index is 12.9. The van der Waals surface area contributed by atoms with Crippen molar-refractivity contribution in [1.82, 2.24) is 5.32 Å². The number of anilines is 1. The van der Waals surface area contributed by atoms with E-state index in [1.165, 1.54) is 18.6 Å². The number of aliphatic carboxylic acids is 1. The van der Waals surface area contributed by atoms with Crippen molar-refractivity contribution in [2.75, 3.05) is 18.5 Å². The van der Waals surface area contributed by atoms with E-state index in [4.69, 9.17) is 9.84 Å². The van der Waals surface area contributed by atoms with Crippen LogP contribution in [0.15, 0.2) is 66.7 Å². The van der Waals surface area contributed by atoms with Gasteiger partial charge in [-0.25, -0.2) is 4.79 Å². The summed E-state index contributed by atoms with van der Waals surface area (Å²) in [6, 6.07) is 17.4. The maximum atomic E-state index is 12.9. The average molecular weight is 571 g/mol. The lowest BCUT2D eigenvalue weighted by molar-refractivity contribution is -0.138. The fourth-order valence-corrected chi connectivity index (χ4v) is 4.32. The second kappa shape index (κ2) is 15.1. The van der Waals surface area contributed by atoms with Crippen LogP contribution in [0.25, 0.3) is 11.1 Å². The summed E-state index contributed by atoms with van der Waals surface area (Å²) >= 11 is 0. The third-order valence-electron chi connectivity index (χ3n) is 6.75. The van der Waals surface area contributed by atoms with Crippen molar-refractivity contribution in [2.24, 2.45) is 0 Å². The van der Waals surface area contributed by atoms with Crippen molar-refractivity contribution < 1.29 is 32.6 Å². The molecule has 0 saturated heterocycles. The molecule has 0 fully saturated rings. The van der Waals surface area contributed by atoms with Crippen LogP contribution in [0, 0.1) is 0 Å². The Morgan fingerprint density at radius 3 is 2.32 bits per heavy atom. The molecule has 0 atom stereocenters. The summed E-state index contributed by atoms with van der Waals surface area (Å²) in [6.07, 6.45) is 1.34. The van der Waals surface area contributed by atoms with Gasteiger partial charge in [0.05, 0.1) is 5.56 Å². The number of alkyl halides is 3. The summed E-state index contributed by atoms with van der Waals surface area (Å²) in [5.74, 6) is -0.458. The summed E-state index contributed by atoms with van der Waals surface area (Å²) in [5.41, 5.74) is 2.73. The van der Waals surface area contributed by atoms with E-state index in [-0.39, 0.29) is 19.1 Å². The van der Waals surface area contributed by atoms with Gasteiger partial charge in [0.15, 0.2) is 0 Å². The molecule has 3 aromatic carbocycles. The third kappa shape index (κ3) is 9.84. The minimum Gasteiger partial charge on any atom is -0.488 e. The molecule has 9 heteroatoms. The summed E-state index contributed by atoms with van der Waals surface area (Å²) in [5, 5.41) is 12.0. The average Bonchev–Trinajstić information content (AvgIpc) is 2.96. The highest BCUT2D eigenvalue weighted by Crippen LogP contribution is 2.34. The molecule has 2 N–H and O–H groups in total. The quantitative estimate of drug-likeness (QED) is 0.192. The Morgan fingerprint density at radius 2 is 1.63 bits per heavy atom. The van der Waals surface area contributed by atoms with Crippen molar-refractivity contribution in [3.8, 4) is 16.9 Å². The van der Waals surface area contributed by atoms with Gasteiger partial charge in [0.2, 0.25) is 0 Å². The molecule has 0 spiro atoms. The molecule has 3 rings (SSSR count). The second-order valence-corrected chi connectivity index (χ2v) is 9.96. The van der Waals surface area contributed by atoms with E-state index >= 15 is 0 Å². The number of ether oxygens (including phenoxy) is 1. The molecule has 6 nitrogen and oxygen atoms in total. The topological polar surface area (TPSA) is 78.9 Å². The Bertz CT molecular complexity index is 1290. The first-order valence-electron chi connectivity index (χ1n) is 13.8. The molecule has 0 aromatic heterocycles. The Labute approximate surface area is 239 Å². The van der Waals surface area contributed by atoms with Gasteiger partial charge in [0.1, 0.15) is 12.4 Å². The normalized spacial score (nSPS) is 11.2. The lowest BCUT2D eigenvalue weighted by Crippen LogP contribution is -2.37. The molecule has 0 heterocycles. The first-order valence-corrected chi connectivity index (χ1v) is 13.8. The highest BCUT2D eigenvalue weighted by molar-refractivity contribution is 5.92. The highest BCUT2D eigenvalue weighted by atomic mass is 19.4. The van der Waals surface area contributed by atoms with Gasteiger partial charge in [0.25, 0.3) is 0 Å². The van der Waals surface area contributed by atoms with Gasteiger partial charge in [0, 0.05) is 31.3 Å². The maximum Gasteiger partial charge on any atom is 0.416 e. The number of carbonyl (C=O) groups excluding carboxylic acids is 1. The molecule has 0 saturated carbocycles. The van der Waals surface area contributed by atoms with Crippen molar-refractivity contribution in [1.29, 1.82) is 0 Å². The first-order chi connectivity index (χ1) is 19.6. The van der Waals surface area contributed by atoms with Crippen LogP contribution in [-0.4, -0.2) is 30.7 Å². The standard InChI is InChI=1S/C32H37F3N2O4/c1-3-4-5-6-7-19-36-31(40)37(2)27-10-8-9-25(21-27)28-17-13-23(14-18-30(38)39)20-29(28)41-22-24-11-15-26(16-12-24)32(33,34)35/h8-13,15-17,20-21H,3-7,14,18-19,22H2,1-2H3,(H,36,40)(H,38,39). The van der Waals surface area contributed by atoms with Gasteiger partial charge in [-0.15, -0.1) is 0 Å². The summed E-state index contributed by atoms with van der Waals surface area (Å²) in [4.78, 5) is 25.4. The number of nitrogens with one attached hydrogen (secondary N) is 1. The number of carboxylic acids is 1. The molecule has 0 aliphatic carbocycles. The van der Waals surface area contributed by atoms with Crippen LogP contribution >= 0.6 is 0 Å². The van der Waals surface area contributed by atoms with Crippen LogP contribution in [0.5, 0.6) is 5.75 Å². The van der Waals surface area contributed by atoms with Gasteiger partial charge >= 0.3 is 18.2 Å². The molecule has 41 heavy (non-hydrogen) atoms. The molecule has 0 unspecified atom stereocenters. The Hall–Kier alpha value is -4.01. The van der Waals surface area contributed by atoms with Crippen molar-refractivity contribution >= 4 is 17.7 Å². The monoisotopic (exact) mass is 570 g/mol. The molecule has 3 aromatic rings. The second-order valence-electron chi connectivity index (χ2n) is 9.96. The number of hydrogen-bond donors (Lipinski definition) is 2. The van der Waals surface area contributed by atoms with Gasteiger partial charge < -0.3 is 15.2 Å². The molecule has 0 aliphatic heterocycles. The van der Waals surface area contributed by atoms with E-state index in [0.29, 0.717) is 35.5 Å². The van der Waals surface area contributed by atoms with Crippen LogP contribution < -0.4 is 15.0 Å². The number of nitrogens with zero attached hydrogens (tertiary/aromatic N) is 1. The van der Waals surface area contributed by atoms with Crippen molar-refractivity contribution in [3.63, 3.8) is 0 Å². The number of aryl methyl sites for hydroxylation is 1. The minimum atomic E-state index is -4.42. The van der Waals surface area contributed by atoms with Gasteiger partial charge in [-0.1, -0.05) is 69.0 Å². The van der Waals surface area contributed by atoms with Gasteiger partial charge in [-0.2, -0.15) is 13.2 Å². The molecule has 0 radical (unpaired) electrons. The number of halogens is 3. The predicted octanol–water partition coefficient (Wildman–Crippen LogP) is 8.08. The Kier molecular flexibility index (Phi) is 11.6.